The minimum atomic E-state index is -1.29. The zero-order chi connectivity index (χ0) is 30.6. The van der Waals surface area contributed by atoms with Gasteiger partial charge in [0.2, 0.25) is 0 Å². The third-order valence-corrected chi connectivity index (χ3v) is 8.81. The summed E-state index contributed by atoms with van der Waals surface area (Å²) in [6.45, 7) is 4.52. The van der Waals surface area contributed by atoms with Crippen LogP contribution >= 0.6 is 11.6 Å². The maximum Gasteiger partial charge on any atom is 0.335 e. The van der Waals surface area contributed by atoms with E-state index < -0.39 is 17.6 Å². The summed E-state index contributed by atoms with van der Waals surface area (Å²) >= 11 is 5.98. The Hall–Kier alpha value is -4.41. The van der Waals surface area contributed by atoms with Crippen molar-refractivity contribution in [1.82, 2.24) is 24.0 Å². The number of imidazole rings is 2. The van der Waals surface area contributed by atoms with E-state index in [2.05, 4.69) is 20.5 Å². The summed E-state index contributed by atoms with van der Waals surface area (Å²) in [5.41, 5.74) is 3.99. The van der Waals surface area contributed by atoms with Crippen LogP contribution in [0.15, 0.2) is 67.1 Å². The monoisotopic (exact) mass is 615 g/mol. The van der Waals surface area contributed by atoms with Crippen molar-refractivity contribution in [2.45, 2.75) is 44.6 Å². The van der Waals surface area contributed by atoms with Gasteiger partial charge in [-0.15, -0.1) is 0 Å². The molecule has 0 saturated carbocycles. The normalized spacial score (nSPS) is 18.7. The number of aryl methyl sites for hydroxylation is 1. The number of carboxylic acid groups (broad SMARTS) is 1. The molecule has 1 fully saturated rings. The molecule has 0 spiro atoms. The molecule has 0 aliphatic carbocycles. The van der Waals surface area contributed by atoms with Gasteiger partial charge in [-0.3, -0.25) is 4.90 Å². The number of ether oxygens (including phenoxy) is 2. The minimum Gasteiger partial charge on any atom is -0.478 e. The van der Waals surface area contributed by atoms with Gasteiger partial charge in [-0.05, 0) is 74.3 Å². The van der Waals surface area contributed by atoms with Crippen molar-refractivity contribution in [3.63, 3.8) is 0 Å². The number of aromatic carboxylic acids is 1. The van der Waals surface area contributed by atoms with E-state index in [-0.39, 0.29) is 11.5 Å². The molecule has 9 nitrogen and oxygen atoms in total. The van der Waals surface area contributed by atoms with Crippen LogP contribution in [0, 0.1) is 5.82 Å². The van der Waals surface area contributed by atoms with Crippen LogP contribution in [-0.2, 0) is 25.9 Å². The van der Waals surface area contributed by atoms with E-state index in [4.69, 9.17) is 26.1 Å². The van der Waals surface area contributed by atoms with Crippen molar-refractivity contribution in [1.29, 1.82) is 0 Å². The Morgan fingerprint density at radius 2 is 1.93 bits per heavy atom. The lowest BCUT2D eigenvalue weighted by Gasteiger charge is -2.32. The van der Waals surface area contributed by atoms with Crippen LogP contribution in [0.3, 0.4) is 0 Å². The summed E-state index contributed by atoms with van der Waals surface area (Å²) in [5, 5.41) is 9.91. The molecule has 226 valence electrons. The molecule has 0 radical (unpaired) electrons. The molecule has 1 N–H and O–H groups in total. The minimum absolute atomic E-state index is 0.225. The quantitative estimate of drug-likeness (QED) is 0.229. The Labute approximate surface area is 258 Å². The molecular weight excluding hydrogens is 585 g/mol. The molecular formula is C33H31ClFN5O4. The highest BCUT2D eigenvalue weighted by Gasteiger charge is 2.43. The van der Waals surface area contributed by atoms with Crippen LogP contribution in [0.2, 0.25) is 5.02 Å². The van der Waals surface area contributed by atoms with Crippen molar-refractivity contribution in [2.75, 3.05) is 13.1 Å². The summed E-state index contributed by atoms with van der Waals surface area (Å²) in [4.78, 5) is 23.5. The van der Waals surface area contributed by atoms with Crippen LogP contribution in [0.4, 0.5) is 4.39 Å². The molecule has 2 aliphatic heterocycles. The number of nitrogens with zero attached hydrogens (tertiary/aromatic N) is 5. The van der Waals surface area contributed by atoms with E-state index in [1.807, 2.05) is 29.9 Å². The third-order valence-electron chi connectivity index (χ3n) is 8.58. The summed E-state index contributed by atoms with van der Waals surface area (Å²) in [7, 11) is 1.92. The number of fused-ring (bicyclic) bond motifs is 2. The topological polar surface area (TPSA) is 94.6 Å². The second-order valence-electron chi connectivity index (χ2n) is 11.7. The molecule has 2 aliphatic rings. The van der Waals surface area contributed by atoms with Crippen molar-refractivity contribution in [3.8, 4) is 11.5 Å². The number of rotatable bonds is 7. The lowest BCUT2D eigenvalue weighted by Crippen LogP contribution is -2.34. The van der Waals surface area contributed by atoms with E-state index >= 15 is 0 Å². The van der Waals surface area contributed by atoms with Gasteiger partial charge in [0.25, 0.3) is 5.79 Å². The van der Waals surface area contributed by atoms with E-state index in [1.165, 1.54) is 6.07 Å². The van der Waals surface area contributed by atoms with Crippen LogP contribution in [0.5, 0.6) is 11.5 Å². The van der Waals surface area contributed by atoms with Crippen molar-refractivity contribution in [2.24, 2.45) is 7.05 Å². The number of likely N-dealkylation sites (tertiary alicyclic amines) is 1. The number of piperidine rings is 1. The zero-order valence-electron chi connectivity index (χ0n) is 24.3. The summed E-state index contributed by atoms with van der Waals surface area (Å²) in [6, 6.07) is 15.4. The maximum absolute atomic E-state index is 14.8. The molecule has 2 aromatic heterocycles. The van der Waals surface area contributed by atoms with E-state index in [9.17, 15) is 14.3 Å². The van der Waals surface area contributed by atoms with Crippen LogP contribution in [-0.4, -0.2) is 48.2 Å². The SMILES string of the molecule is Cn1cnc(Cn2c(CN3CCC(c4cccc5c4OC(C)(c4ccc(Cl)cc4F)O5)CC3)nc3ccc(C(=O)O)cc32)c1. The van der Waals surface area contributed by atoms with Gasteiger partial charge < -0.3 is 23.7 Å². The smallest absolute Gasteiger partial charge is 0.335 e. The first-order valence-corrected chi connectivity index (χ1v) is 14.9. The first-order chi connectivity index (χ1) is 21.2. The Morgan fingerprint density at radius 3 is 2.66 bits per heavy atom. The Kier molecular flexibility index (Phi) is 7.05. The number of aromatic nitrogens is 4. The highest BCUT2D eigenvalue weighted by molar-refractivity contribution is 6.30. The molecule has 5 aromatic rings. The van der Waals surface area contributed by atoms with Crippen LogP contribution in [0.1, 0.15) is 58.7 Å². The molecule has 0 amide bonds. The summed E-state index contributed by atoms with van der Waals surface area (Å²) in [6.07, 6.45) is 5.51. The molecule has 0 bridgehead atoms. The van der Waals surface area contributed by atoms with Gasteiger partial charge in [-0.25, -0.2) is 19.2 Å². The predicted octanol–water partition coefficient (Wildman–Crippen LogP) is 6.33. The second-order valence-corrected chi connectivity index (χ2v) is 12.1. The molecule has 1 unspecified atom stereocenters. The number of halogens is 2. The van der Waals surface area contributed by atoms with Gasteiger partial charge >= 0.3 is 5.97 Å². The number of para-hydroxylation sites is 1. The molecule has 7 rings (SSSR count). The largest absolute Gasteiger partial charge is 0.478 e. The Balaban J connectivity index is 1.10. The lowest BCUT2D eigenvalue weighted by atomic mass is 9.88. The van der Waals surface area contributed by atoms with Gasteiger partial charge in [0.05, 0.1) is 47.3 Å². The Bertz CT molecular complexity index is 1900. The van der Waals surface area contributed by atoms with Gasteiger partial charge in [-0.1, -0.05) is 23.7 Å². The fraction of sp³-hybridized carbons (Fsp3) is 0.303. The van der Waals surface area contributed by atoms with Gasteiger partial charge in [0, 0.05) is 30.8 Å². The average Bonchev–Trinajstić information content (AvgIpc) is 3.67. The van der Waals surface area contributed by atoms with E-state index in [0.717, 1.165) is 54.0 Å². The maximum atomic E-state index is 14.8. The van der Waals surface area contributed by atoms with Gasteiger partial charge in [-0.2, -0.15) is 0 Å². The number of hydrogen-bond donors (Lipinski definition) is 1. The predicted molar refractivity (Wildman–Crippen MR) is 163 cm³/mol. The van der Waals surface area contributed by atoms with Crippen molar-refractivity contribution < 1.29 is 23.8 Å². The zero-order valence-corrected chi connectivity index (χ0v) is 25.1. The molecule has 1 atom stereocenters. The van der Waals surface area contributed by atoms with E-state index in [1.54, 1.807) is 43.6 Å². The molecule has 11 heteroatoms. The first-order valence-electron chi connectivity index (χ1n) is 14.5. The van der Waals surface area contributed by atoms with E-state index in [0.29, 0.717) is 35.2 Å². The third kappa shape index (κ3) is 5.18. The lowest BCUT2D eigenvalue weighted by molar-refractivity contribution is -0.0712. The average molecular weight is 616 g/mol. The standard InChI is InChI=1S/C33H31ClFN5O4/c1-33(25-8-7-22(34)15-26(25)35)43-29-5-3-4-24(31(29)44-33)20-10-12-39(13-11-20)18-30-37-27-9-6-21(32(41)42)14-28(27)40(30)17-23-16-38(2)19-36-23/h3-9,14-16,19-20H,10-13,17-18H2,1-2H3,(H,41,42). The van der Waals surface area contributed by atoms with Crippen molar-refractivity contribution in [3.05, 3.63) is 106 Å². The first kappa shape index (κ1) is 28.4. The number of hydrogen-bond acceptors (Lipinski definition) is 6. The van der Waals surface area contributed by atoms with Crippen LogP contribution < -0.4 is 9.47 Å². The fourth-order valence-corrected chi connectivity index (χ4v) is 6.51. The molecule has 4 heterocycles. The highest BCUT2D eigenvalue weighted by atomic mass is 35.5. The summed E-state index contributed by atoms with van der Waals surface area (Å²) < 4.78 is 31.3. The van der Waals surface area contributed by atoms with Crippen molar-refractivity contribution >= 4 is 28.6 Å². The molecule has 44 heavy (non-hydrogen) atoms. The second kappa shape index (κ2) is 10.9. The summed E-state index contributed by atoms with van der Waals surface area (Å²) in [5.74, 6) is -0.365. The fourth-order valence-electron chi connectivity index (χ4n) is 6.35. The van der Waals surface area contributed by atoms with Crippen LogP contribution in [0.25, 0.3) is 11.0 Å². The number of carboxylic acids is 1. The number of benzene rings is 3. The molecule has 1 saturated heterocycles. The van der Waals surface area contributed by atoms with Gasteiger partial charge in [0.15, 0.2) is 11.5 Å². The number of carbonyl (C=O) groups is 1. The van der Waals surface area contributed by atoms with Gasteiger partial charge in [0.1, 0.15) is 11.6 Å². The Morgan fingerprint density at radius 1 is 1.11 bits per heavy atom. The molecule has 3 aromatic carbocycles. The highest BCUT2D eigenvalue weighted by Crippen LogP contribution is 2.49.